The van der Waals surface area contributed by atoms with Crippen molar-refractivity contribution in [3.8, 4) is 0 Å². The van der Waals surface area contributed by atoms with E-state index in [4.69, 9.17) is 20.9 Å². The molecule has 0 bridgehead atoms. The summed E-state index contributed by atoms with van der Waals surface area (Å²) in [6.45, 7) is 8.13. The number of imidazole rings is 1. The second-order valence-electron chi connectivity index (χ2n) is 5.83. The van der Waals surface area contributed by atoms with E-state index < -0.39 is 0 Å². The molecule has 0 aliphatic carbocycles. The molecule has 0 aromatic carbocycles. The van der Waals surface area contributed by atoms with Gasteiger partial charge in [-0.25, -0.2) is 4.98 Å². The molecule has 3 heterocycles. The average Bonchev–Trinajstić information content (AvgIpc) is 2.90. The lowest BCUT2D eigenvalue weighted by atomic mass is 9.90. The number of hydrogen-bond donors (Lipinski definition) is 0. The molecule has 0 atom stereocenters. The Morgan fingerprint density at radius 1 is 1.30 bits per heavy atom. The number of aromatic nitrogens is 2. The molecule has 20 heavy (non-hydrogen) atoms. The van der Waals surface area contributed by atoms with Gasteiger partial charge in [-0.1, -0.05) is 17.6 Å². The zero-order valence-electron chi connectivity index (χ0n) is 11.9. The van der Waals surface area contributed by atoms with Crippen LogP contribution in [0.15, 0.2) is 17.6 Å². The SMILES string of the molecule is CC1(C)OB(/C=C/c2c(Cl)nc3sccn23)OC1(C)C. The summed E-state index contributed by atoms with van der Waals surface area (Å²) in [4.78, 5) is 5.17. The van der Waals surface area contributed by atoms with Crippen LogP contribution < -0.4 is 0 Å². The van der Waals surface area contributed by atoms with Gasteiger partial charge in [-0.3, -0.25) is 4.40 Å². The van der Waals surface area contributed by atoms with Gasteiger partial charge in [0.05, 0.1) is 16.9 Å². The number of rotatable bonds is 2. The molecule has 2 aromatic heterocycles. The van der Waals surface area contributed by atoms with Gasteiger partial charge in [-0.2, -0.15) is 0 Å². The highest BCUT2D eigenvalue weighted by atomic mass is 35.5. The Labute approximate surface area is 127 Å². The average molecular weight is 311 g/mol. The van der Waals surface area contributed by atoms with Crippen LogP contribution in [-0.4, -0.2) is 27.7 Å². The van der Waals surface area contributed by atoms with Gasteiger partial charge in [0.15, 0.2) is 10.1 Å². The summed E-state index contributed by atoms with van der Waals surface area (Å²) in [5.74, 6) is 1.88. The smallest absolute Gasteiger partial charge is 0.400 e. The number of halogens is 1. The molecule has 7 heteroatoms. The second kappa shape index (κ2) is 4.60. The van der Waals surface area contributed by atoms with Gasteiger partial charge in [0.1, 0.15) is 0 Å². The van der Waals surface area contributed by atoms with Crippen molar-refractivity contribution in [2.24, 2.45) is 0 Å². The Bertz CT molecular complexity index is 661. The van der Waals surface area contributed by atoms with E-state index in [2.05, 4.69) is 4.98 Å². The number of nitrogens with zero attached hydrogens (tertiary/aromatic N) is 2. The van der Waals surface area contributed by atoms with Crippen LogP contribution in [0.3, 0.4) is 0 Å². The molecule has 0 unspecified atom stereocenters. The Morgan fingerprint density at radius 2 is 1.95 bits per heavy atom. The van der Waals surface area contributed by atoms with Crippen molar-refractivity contribution < 1.29 is 9.31 Å². The molecule has 106 valence electrons. The number of hydrogen-bond acceptors (Lipinski definition) is 4. The first-order chi connectivity index (χ1) is 9.30. The minimum atomic E-state index is -0.375. The van der Waals surface area contributed by atoms with Crippen LogP contribution in [0.4, 0.5) is 0 Å². The van der Waals surface area contributed by atoms with E-state index in [1.54, 1.807) is 11.3 Å². The quantitative estimate of drug-likeness (QED) is 0.794. The molecule has 1 aliphatic heterocycles. The van der Waals surface area contributed by atoms with Crippen molar-refractivity contribution in [1.29, 1.82) is 0 Å². The van der Waals surface area contributed by atoms with Crippen LogP contribution in [-0.2, 0) is 9.31 Å². The van der Waals surface area contributed by atoms with Gasteiger partial charge in [-0.15, -0.1) is 11.3 Å². The fourth-order valence-electron chi connectivity index (χ4n) is 2.06. The van der Waals surface area contributed by atoms with Crippen LogP contribution in [0.2, 0.25) is 5.15 Å². The number of fused-ring (bicyclic) bond motifs is 1. The van der Waals surface area contributed by atoms with Gasteiger partial charge in [0, 0.05) is 11.6 Å². The molecule has 1 saturated heterocycles. The number of thiazole rings is 1. The highest BCUT2D eigenvalue weighted by molar-refractivity contribution is 7.15. The molecule has 1 aliphatic rings. The Morgan fingerprint density at radius 3 is 2.60 bits per heavy atom. The Kier molecular flexibility index (Phi) is 3.25. The van der Waals surface area contributed by atoms with E-state index in [1.165, 1.54) is 0 Å². The van der Waals surface area contributed by atoms with Crippen molar-refractivity contribution in [2.45, 2.75) is 38.9 Å². The van der Waals surface area contributed by atoms with E-state index in [0.29, 0.717) is 5.15 Å². The fourth-order valence-corrected chi connectivity index (χ4v) is 3.07. The van der Waals surface area contributed by atoms with Crippen molar-refractivity contribution in [3.05, 3.63) is 28.4 Å². The summed E-state index contributed by atoms with van der Waals surface area (Å²) < 4.78 is 13.8. The lowest BCUT2D eigenvalue weighted by Crippen LogP contribution is -2.41. The monoisotopic (exact) mass is 310 g/mol. The van der Waals surface area contributed by atoms with Crippen molar-refractivity contribution in [3.63, 3.8) is 0 Å². The molecule has 3 rings (SSSR count). The van der Waals surface area contributed by atoms with Crippen molar-refractivity contribution in [2.75, 3.05) is 0 Å². The maximum absolute atomic E-state index is 6.15. The third kappa shape index (κ3) is 2.20. The lowest BCUT2D eigenvalue weighted by molar-refractivity contribution is 0.00578. The first-order valence-corrected chi connectivity index (χ1v) is 7.71. The third-order valence-electron chi connectivity index (χ3n) is 3.94. The summed E-state index contributed by atoms with van der Waals surface area (Å²) in [5.41, 5.74) is 0.180. The fraction of sp³-hybridized carbons (Fsp3) is 0.462. The lowest BCUT2D eigenvalue weighted by Gasteiger charge is -2.32. The zero-order chi connectivity index (χ0) is 14.5. The molecule has 0 saturated carbocycles. The predicted octanol–water partition coefficient (Wildman–Crippen LogP) is 3.69. The van der Waals surface area contributed by atoms with Crippen LogP contribution in [0, 0.1) is 0 Å². The first-order valence-electron chi connectivity index (χ1n) is 6.45. The molecule has 0 amide bonds. The van der Waals surface area contributed by atoms with Crippen molar-refractivity contribution in [1.82, 2.24) is 9.38 Å². The Hall–Kier alpha value is -0.815. The molecule has 2 aromatic rings. The van der Waals surface area contributed by atoms with Crippen LogP contribution in [0.5, 0.6) is 0 Å². The highest BCUT2D eigenvalue weighted by Gasteiger charge is 2.50. The molecule has 4 nitrogen and oxygen atoms in total. The molecular weight excluding hydrogens is 294 g/mol. The molecular formula is C13H16BClN2O2S. The zero-order valence-corrected chi connectivity index (χ0v) is 13.5. The normalized spacial score (nSPS) is 21.4. The van der Waals surface area contributed by atoms with Gasteiger partial charge >= 0.3 is 7.12 Å². The van der Waals surface area contributed by atoms with E-state index >= 15 is 0 Å². The highest BCUT2D eigenvalue weighted by Crippen LogP contribution is 2.37. The van der Waals surface area contributed by atoms with E-state index in [9.17, 15) is 0 Å². The standard InChI is InChI=1S/C13H16BClN2O2S/c1-12(2)13(3,4)19-14(18-12)6-5-9-10(15)16-11-17(9)7-8-20-11/h5-8H,1-4H3/b6-5+. The molecule has 0 radical (unpaired) electrons. The van der Waals surface area contributed by atoms with E-state index in [1.807, 2.05) is 55.7 Å². The van der Waals surface area contributed by atoms with Gasteiger partial charge in [0.2, 0.25) is 0 Å². The summed E-state index contributed by atoms with van der Waals surface area (Å²) >= 11 is 7.70. The van der Waals surface area contributed by atoms with Crippen molar-refractivity contribution >= 4 is 41.1 Å². The predicted molar refractivity (Wildman–Crippen MR) is 83.2 cm³/mol. The van der Waals surface area contributed by atoms with Crippen LogP contribution in [0.25, 0.3) is 11.0 Å². The maximum Gasteiger partial charge on any atom is 0.487 e. The second-order valence-corrected chi connectivity index (χ2v) is 7.06. The van der Waals surface area contributed by atoms with Gasteiger partial charge in [0.25, 0.3) is 0 Å². The molecule has 0 spiro atoms. The minimum Gasteiger partial charge on any atom is -0.400 e. The molecule has 0 N–H and O–H groups in total. The Balaban J connectivity index is 1.85. The van der Waals surface area contributed by atoms with Gasteiger partial charge < -0.3 is 9.31 Å². The summed E-state index contributed by atoms with van der Waals surface area (Å²) in [6.07, 6.45) is 3.85. The van der Waals surface area contributed by atoms with Crippen LogP contribution in [0.1, 0.15) is 33.4 Å². The van der Waals surface area contributed by atoms with E-state index in [-0.39, 0.29) is 18.3 Å². The maximum atomic E-state index is 6.15. The first kappa shape index (κ1) is 14.1. The third-order valence-corrected chi connectivity index (χ3v) is 4.97. The summed E-state index contributed by atoms with van der Waals surface area (Å²) in [6, 6.07) is 0. The van der Waals surface area contributed by atoms with Gasteiger partial charge in [-0.05, 0) is 33.8 Å². The minimum absolute atomic E-state index is 0.332. The topological polar surface area (TPSA) is 35.8 Å². The summed E-state index contributed by atoms with van der Waals surface area (Å²) in [5, 5.41) is 2.47. The van der Waals surface area contributed by atoms with Crippen LogP contribution >= 0.6 is 22.9 Å². The largest absolute Gasteiger partial charge is 0.487 e. The molecule has 1 fully saturated rings. The summed E-state index contributed by atoms with van der Waals surface area (Å²) in [7, 11) is -0.375. The van der Waals surface area contributed by atoms with E-state index in [0.717, 1.165) is 10.7 Å².